The van der Waals surface area contributed by atoms with Gasteiger partial charge in [-0.05, 0) is 47.0 Å². The Morgan fingerprint density at radius 1 is 0.756 bits per heavy atom. The Morgan fingerprint density at radius 2 is 1.61 bits per heavy atom. The highest BCUT2D eigenvalue weighted by molar-refractivity contribution is 6.01. The zero-order chi connectivity index (χ0) is 27.8. The van der Waals surface area contributed by atoms with Crippen molar-refractivity contribution >= 4 is 21.8 Å². The van der Waals surface area contributed by atoms with Crippen molar-refractivity contribution in [2.45, 2.75) is 13.1 Å². The van der Waals surface area contributed by atoms with E-state index in [9.17, 15) is 9.50 Å². The number of aromatic nitrogens is 6. The second kappa shape index (κ2) is 10.3. The Hall–Kier alpha value is -5.41. The molecule has 0 bridgehead atoms. The summed E-state index contributed by atoms with van der Waals surface area (Å²) in [6, 6.07) is 20.3. The molecule has 0 saturated carbocycles. The van der Waals surface area contributed by atoms with Crippen LogP contribution in [-0.4, -0.2) is 35.2 Å². The standard InChI is InChI=1S/C32H24FN7O/c33-23-7-21(8-24(41)9-23)27-16-36-17-30-25(27)10-29(38-30)32-26-11-28(37-18-31(26)39-40-32)22-6-20(14-35-15-22)13-34-12-19-4-2-1-3-5-19/h1-11,14-18,34,38,41H,12-13H2,(H,39,40). The van der Waals surface area contributed by atoms with Gasteiger partial charge >= 0.3 is 0 Å². The molecular formula is C32H24FN7O. The van der Waals surface area contributed by atoms with Gasteiger partial charge in [0.05, 0.1) is 34.8 Å². The van der Waals surface area contributed by atoms with Crippen LogP contribution in [0.2, 0.25) is 0 Å². The lowest BCUT2D eigenvalue weighted by Crippen LogP contribution is -2.12. The van der Waals surface area contributed by atoms with Gasteiger partial charge in [0, 0.05) is 59.6 Å². The molecule has 2 aromatic carbocycles. The van der Waals surface area contributed by atoms with Crippen molar-refractivity contribution in [2.75, 3.05) is 0 Å². The number of benzene rings is 2. The summed E-state index contributed by atoms with van der Waals surface area (Å²) in [5.41, 5.74) is 8.28. The van der Waals surface area contributed by atoms with E-state index in [0.29, 0.717) is 17.7 Å². The van der Waals surface area contributed by atoms with Gasteiger partial charge in [-0.1, -0.05) is 30.3 Å². The first-order valence-corrected chi connectivity index (χ1v) is 13.1. The van der Waals surface area contributed by atoms with Crippen LogP contribution in [0.3, 0.4) is 0 Å². The lowest BCUT2D eigenvalue weighted by Gasteiger charge is -2.07. The predicted octanol–water partition coefficient (Wildman–Crippen LogP) is 6.36. The minimum atomic E-state index is -0.517. The second-order valence-corrected chi connectivity index (χ2v) is 9.89. The first-order valence-electron chi connectivity index (χ1n) is 13.1. The van der Waals surface area contributed by atoms with Gasteiger partial charge in [0.2, 0.25) is 0 Å². The third-order valence-electron chi connectivity index (χ3n) is 7.03. The number of pyridine rings is 3. The third kappa shape index (κ3) is 4.90. The second-order valence-electron chi connectivity index (χ2n) is 9.89. The number of nitrogens with zero attached hydrogens (tertiary/aromatic N) is 4. The summed E-state index contributed by atoms with van der Waals surface area (Å²) in [5, 5.41) is 22.8. The van der Waals surface area contributed by atoms with Crippen LogP contribution >= 0.6 is 0 Å². The topological polar surface area (TPSA) is 115 Å². The summed E-state index contributed by atoms with van der Waals surface area (Å²) in [6.07, 6.45) is 8.81. The summed E-state index contributed by atoms with van der Waals surface area (Å²) in [6.45, 7) is 1.46. The highest BCUT2D eigenvalue weighted by Crippen LogP contribution is 2.35. The number of hydrogen-bond donors (Lipinski definition) is 4. The van der Waals surface area contributed by atoms with Crippen LogP contribution in [0.1, 0.15) is 11.1 Å². The number of phenols is 1. The molecule has 0 saturated heterocycles. The van der Waals surface area contributed by atoms with Gasteiger partial charge in [-0.2, -0.15) is 5.10 Å². The Kier molecular flexibility index (Phi) is 6.18. The average Bonchev–Trinajstić information content (AvgIpc) is 3.61. The summed E-state index contributed by atoms with van der Waals surface area (Å²) >= 11 is 0. The number of rotatable bonds is 7. The van der Waals surface area contributed by atoms with Crippen molar-refractivity contribution in [3.05, 3.63) is 115 Å². The Labute approximate surface area is 234 Å². The SMILES string of the molecule is Oc1cc(F)cc(-c2cncc3[nH]c(-c4n[nH]c5cnc(-c6cncc(CNCc7ccccc7)c6)cc45)cc23)c1. The van der Waals surface area contributed by atoms with E-state index in [1.165, 1.54) is 17.7 Å². The average molecular weight is 542 g/mol. The van der Waals surface area contributed by atoms with Crippen molar-refractivity contribution in [1.82, 2.24) is 35.5 Å². The van der Waals surface area contributed by atoms with Crippen molar-refractivity contribution < 1.29 is 9.50 Å². The number of phenolic OH excluding ortho intramolecular Hbond substituents is 1. The molecule has 0 amide bonds. The molecule has 7 aromatic rings. The number of halogens is 1. The van der Waals surface area contributed by atoms with Crippen LogP contribution in [-0.2, 0) is 13.1 Å². The van der Waals surface area contributed by atoms with Gasteiger partial charge in [-0.15, -0.1) is 0 Å². The van der Waals surface area contributed by atoms with Gasteiger partial charge in [0.25, 0.3) is 0 Å². The Bertz CT molecular complexity index is 2000. The first kappa shape index (κ1) is 24.6. The largest absolute Gasteiger partial charge is 0.508 e. The van der Waals surface area contributed by atoms with E-state index in [0.717, 1.165) is 62.6 Å². The molecule has 0 aliphatic heterocycles. The van der Waals surface area contributed by atoms with Crippen LogP contribution in [0.5, 0.6) is 5.75 Å². The lowest BCUT2D eigenvalue weighted by atomic mass is 10.0. The Balaban J connectivity index is 1.21. The van der Waals surface area contributed by atoms with E-state index < -0.39 is 5.82 Å². The smallest absolute Gasteiger partial charge is 0.127 e. The number of fused-ring (bicyclic) bond motifs is 2. The van der Waals surface area contributed by atoms with Crippen LogP contribution in [0, 0.1) is 5.82 Å². The van der Waals surface area contributed by atoms with Gasteiger partial charge < -0.3 is 15.4 Å². The maximum absolute atomic E-state index is 14.0. The predicted molar refractivity (Wildman–Crippen MR) is 156 cm³/mol. The Morgan fingerprint density at radius 3 is 2.49 bits per heavy atom. The first-order chi connectivity index (χ1) is 20.1. The molecule has 0 radical (unpaired) electrons. The number of aromatic amines is 2. The highest BCUT2D eigenvalue weighted by atomic mass is 19.1. The normalized spacial score (nSPS) is 11.4. The van der Waals surface area contributed by atoms with Crippen molar-refractivity contribution in [3.8, 4) is 39.5 Å². The highest BCUT2D eigenvalue weighted by Gasteiger charge is 2.16. The fourth-order valence-electron chi connectivity index (χ4n) is 5.09. The molecule has 9 heteroatoms. The van der Waals surface area contributed by atoms with Crippen LogP contribution in [0.4, 0.5) is 4.39 Å². The maximum atomic E-state index is 14.0. The van der Waals surface area contributed by atoms with E-state index in [-0.39, 0.29) is 5.75 Å². The minimum Gasteiger partial charge on any atom is -0.508 e. The van der Waals surface area contributed by atoms with E-state index in [4.69, 9.17) is 0 Å². The molecule has 7 rings (SSSR count). The maximum Gasteiger partial charge on any atom is 0.127 e. The van der Waals surface area contributed by atoms with Crippen LogP contribution in [0.15, 0.2) is 97.7 Å². The van der Waals surface area contributed by atoms with Crippen molar-refractivity contribution in [2.24, 2.45) is 0 Å². The summed E-state index contributed by atoms with van der Waals surface area (Å²) in [7, 11) is 0. The molecule has 0 fully saturated rings. The molecule has 5 heterocycles. The van der Waals surface area contributed by atoms with Crippen LogP contribution in [0.25, 0.3) is 55.6 Å². The number of aromatic hydroxyl groups is 1. The molecule has 0 aliphatic rings. The molecule has 4 N–H and O–H groups in total. The summed E-state index contributed by atoms with van der Waals surface area (Å²) in [4.78, 5) is 16.8. The molecule has 0 atom stereocenters. The van der Waals surface area contributed by atoms with Crippen LogP contribution < -0.4 is 5.32 Å². The fourth-order valence-corrected chi connectivity index (χ4v) is 5.09. The number of nitrogens with one attached hydrogen (secondary N) is 3. The monoisotopic (exact) mass is 541 g/mol. The molecule has 0 unspecified atom stereocenters. The lowest BCUT2D eigenvalue weighted by molar-refractivity contribution is 0.469. The third-order valence-corrected chi connectivity index (χ3v) is 7.03. The summed E-state index contributed by atoms with van der Waals surface area (Å²) < 4.78 is 14.0. The van der Waals surface area contributed by atoms with E-state index in [2.05, 4.69) is 53.6 Å². The molecule has 41 heavy (non-hydrogen) atoms. The number of H-pyrrole nitrogens is 2. The molecule has 8 nitrogen and oxygen atoms in total. The fraction of sp³-hybridized carbons (Fsp3) is 0.0625. The molecular weight excluding hydrogens is 517 g/mol. The molecule has 200 valence electrons. The van der Waals surface area contributed by atoms with Gasteiger partial charge in [-0.25, -0.2) is 4.39 Å². The number of hydrogen-bond acceptors (Lipinski definition) is 6. The van der Waals surface area contributed by atoms with E-state index in [1.54, 1.807) is 18.6 Å². The van der Waals surface area contributed by atoms with Crippen molar-refractivity contribution in [3.63, 3.8) is 0 Å². The molecule has 0 spiro atoms. The van der Waals surface area contributed by atoms with Crippen molar-refractivity contribution in [1.29, 1.82) is 0 Å². The zero-order valence-corrected chi connectivity index (χ0v) is 21.8. The van der Waals surface area contributed by atoms with E-state index >= 15 is 0 Å². The quantitative estimate of drug-likeness (QED) is 0.187. The molecule has 5 aromatic heterocycles. The molecule has 0 aliphatic carbocycles. The minimum absolute atomic E-state index is 0.142. The van der Waals surface area contributed by atoms with Gasteiger partial charge in [0.15, 0.2) is 0 Å². The summed E-state index contributed by atoms with van der Waals surface area (Å²) in [5.74, 6) is -0.659. The van der Waals surface area contributed by atoms with E-state index in [1.807, 2.05) is 42.7 Å². The zero-order valence-electron chi connectivity index (χ0n) is 21.8. The van der Waals surface area contributed by atoms with Gasteiger partial charge in [-0.3, -0.25) is 20.1 Å². The van der Waals surface area contributed by atoms with Gasteiger partial charge in [0.1, 0.15) is 17.3 Å².